The molecular formula is C40H64O11. The van der Waals surface area contributed by atoms with Crippen LogP contribution >= 0.6 is 0 Å². The molecule has 0 saturated carbocycles. The third-order valence-corrected chi connectivity index (χ3v) is 8.77. The van der Waals surface area contributed by atoms with Crippen LogP contribution in [0.15, 0.2) is 85.1 Å². The summed E-state index contributed by atoms with van der Waals surface area (Å²) in [4.78, 5) is 12.4. The van der Waals surface area contributed by atoms with Gasteiger partial charge in [-0.25, -0.2) is 4.79 Å². The summed E-state index contributed by atoms with van der Waals surface area (Å²) in [6.45, 7) is 7.38. The molecule has 0 aromatic rings. The average Bonchev–Trinajstić information content (AvgIpc) is 3.02. The first-order chi connectivity index (χ1) is 24.1. The van der Waals surface area contributed by atoms with Crippen LogP contribution in [0.5, 0.6) is 0 Å². The van der Waals surface area contributed by atoms with E-state index in [4.69, 9.17) is 4.74 Å². The normalized spacial score (nSPS) is 39.7. The Balaban J connectivity index is 2.97. The third-order valence-electron chi connectivity index (χ3n) is 8.77. The van der Waals surface area contributed by atoms with Gasteiger partial charge in [0, 0.05) is 24.3 Å². The molecule has 9 N–H and O–H groups in total. The van der Waals surface area contributed by atoms with E-state index in [9.17, 15) is 50.8 Å². The van der Waals surface area contributed by atoms with Gasteiger partial charge in [-0.2, -0.15) is 0 Å². The molecule has 1 heterocycles. The standard InChI is InChI=1S/C40H64O11/c1-27(2)40-28(3)18-19-30(41)20-31(42)21-32(43)22-33(44)23-34(45)24-35(46)25-36(47)26-38(49)29(4)37(48)16-14-12-10-8-6-5-7-9-11-13-15-17-39(50)51-40/h5-15,17-19,27-38,40-49H,16,20-26H2,1-4H3/b6-5+,9-7+,10-8+,13-11+,14-12+,17-15+,19-18?/t28-,29-,30-,31-,32-,33+,34-,35+,36+,37-,38+,40?/m0/s1. The molecule has 0 saturated heterocycles. The second-order valence-corrected chi connectivity index (χ2v) is 14.1. The van der Waals surface area contributed by atoms with Gasteiger partial charge in [0.25, 0.3) is 0 Å². The van der Waals surface area contributed by atoms with Crippen molar-refractivity contribution in [3.63, 3.8) is 0 Å². The average molecular weight is 721 g/mol. The zero-order chi connectivity index (χ0) is 38.3. The molecule has 1 rings (SSSR count). The van der Waals surface area contributed by atoms with Gasteiger partial charge < -0.3 is 50.7 Å². The van der Waals surface area contributed by atoms with Gasteiger partial charge in [0.05, 0.1) is 54.9 Å². The lowest BCUT2D eigenvalue weighted by Crippen LogP contribution is -2.34. The minimum atomic E-state index is -1.13. The molecule has 0 bridgehead atoms. The molecule has 11 heteroatoms. The van der Waals surface area contributed by atoms with Crippen LogP contribution in [0.25, 0.3) is 0 Å². The van der Waals surface area contributed by atoms with Crippen LogP contribution < -0.4 is 0 Å². The van der Waals surface area contributed by atoms with E-state index < -0.39 is 72.9 Å². The molecule has 0 aliphatic carbocycles. The molecule has 51 heavy (non-hydrogen) atoms. The maximum absolute atomic E-state index is 12.4. The minimum absolute atomic E-state index is 0.00960. The van der Waals surface area contributed by atoms with Crippen LogP contribution in [0.1, 0.15) is 79.1 Å². The molecule has 290 valence electrons. The number of esters is 1. The summed E-state index contributed by atoms with van der Waals surface area (Å²) in [6, 6.07) is 0. The Morgan fingerprint density at radius 2 is 0.961 bits per heavy atom. The SMILES string of the molecule is CC(C)C1OC(=O)/C=C/C=C/C=C/C=C/C=C/C=C/C[C@H](O)[C@H](C)[C@H](O)C[C@H](O)C[C@H](O)C[C@@H](O)C[C@H](O)C[C@@H](O)C[C@@H](O)C[C@@H](O)C=C[C@@H]1C. The Morgan fingerprint density at radius 1 is 0.549 bits per heavy atom. The number of cyclic esters (lactones) is 1. The van der Waals surface area contributed by atoms with Gasteiger partial charge in [-0.3, -0.25) is 0 Å². The van der Waals surface area contributed by atoms with Crippen molar-refractivity contribution in [3.8, 4) is 0 Å². The zero-order valence-electron chi connectivity index (χ0n) is 30.6. The largest absolute Gasteiger partial charge is 0.458 e. The van der Waals surface area contributed by atoms with E-state index in [1.807, 2.05) is 45.1 Å². The molecule has 1 aliphatic heterocycles. The minimum Gasteiger partial charge on any atom is -0.458 e. The monoisotopic (exact) mass is 720 g/mol. The second-order valence-electron chi connectivity index (χ2n) is 14.1. The quantitative estimate of drug-likeness (QED) is 0.142. The summed E-state index contributed by atoms with van der Waals surface area (Å²) in [5.41, 5.74) is 0. The molecule has 12 atom stereocenters. The topological polar surface area (TPSA) is 208 Å². The van der Waals surface area contributed by atoms with E-state index in [0.717, 1.165) is 0 Å². The maximum Gasteiger partial charge on any atom is 0.331 e. The molecule has 11 nitrogen and oxygen atoms in total. The van der Waals surface area contributed by atoms with Crippen LogP contribution in [0, 0.1) is 17.8 Å². The molecule has 0 aromatic heterocycles. The lowest BCUT2D eigenvalue weighted by Gasteiger charge is -2.26. The predicted octanol–water partition coefficient (Wildman–Crippen LogP) is 3.10. The van der Waals surface area contributed by atoms with Crippen molar-refractivity contribution in [2.45, 2.75) is 140 Å². The summed E-state index contributed by atoms with van der Waals surface area (Å²) < 4.78 is 5.67. The van der Waals surface area contributed by atoms with E-state index in [2.05, 4.69) is 0 Å². The fraction of sp³-hybridized carbons (Fsp3) is 0.625. The number of allylic oxidation sites excluding steroid dienone is 10. The first kappa shape index (κ1) is 46.3. The lowest BCUT2D eigenvalue weighted by molar-refractivity contribution is -0.147. The molecule has 1 unspecified atom stereocenters. The smallest absolute Gasteiger partial charge is 0.331 e. The van der Waals surface area contributed by atoms with Crippen molar-refractivity contribution < 1.29 is 55.5 Å². The highest BCUT2D eigenvalue weighted by atomic mass is 16.5. The molecule has 0 radical (unpaired) electrons. The van der Waals surface area contributed by atoms with Crippen molar-refractivity contribution in [3.05, 3.63) is 85.1 Å². The van der Waals surface area contributed by atoms with Gasteiger partial charge in [-0.05, 0) is 50.9 Å². The van der Waals surface area contributed by atoms with Gasteiger partial charge in [0.15, 0.2) is 0 Å². The van der Waals surface area contributed by atoms with Crippen LogP contribution in [-0.2, 0) is 9.53 Å². The molecule has 0 aromatic carbocycles. The van der Waals surface area contributed by atoms with Crippen molar-refractivity contribution in [1.82, 2.24) is 0 Å². The highest BCUT2D eigenvalue weighted by Gasteiger charge is 2.27. The van der Waals surface area contributed by atoms with Gasteiger partial charge >= 0.3 is 5.97 Å². The number of hydrogen-bond acceptors (Lipinski definition) is 11. The highest BCUT2D eigenvalue weighted by Crippen LogP contribution is 2.22. The maximum atomic E-state index is 12.4. The van der Waals surface area contributed by atoms with Gasteiger partial charge in [-0.1, -0.05) is 107 Å². The third kappa shape index (κ3) is 22.1. The molecule has 0 fully saturated rings. The number of carbonyl (C=O) groups excluding carboxylic acids is 1. The van der Waals surface area contributed by atoms with Crippen LogP contribution in [0.3, 0.4) is 0 Å². The van der Waals surface area contributed by atoms with Gasteiger partial charge in [0.1, 0.15) is 6.10 Å². The predicted molar refractivity (Wildman–Crippen MR) is 198 cm³/mol. The van der Waals surface area contributed by atoms with Gasteiger partial charge in [0.2, 0.25) is 0 Å². The van der Waals surface area contributed by atoms with E-state index in [1.165, 1.54) is 12.2 Å². The number of ether oxygens (including phenoxy) is 1. The van der Waals surface area contributed by atoms with Gasteiger partial charge in [-0.15, -0.1) is 0 Å². The summed E-state index contributed by atoms with van der Waals surface area (Å²) in [5.74, 6) is -1.30. The van der Waals surface area contributed by atoms with Crippen molar-refractivity contribution in [2.24, 2.45) is 17.8 Å². The number of aliphatic hydroxyl groups excluding tert-OH is 9. The number of aliphatic hydroxyl groups is 9. The summed E-state index contributed by atoms with van der Waals surface area (Å²) in [7, 11) is 0. The molecule has 0 amide bonds. The number of carbonyl (C=O) groups is 1. The fourth-order valence-corrected chi connectivity index (χ4v) is 5.85. The first-order valence-electron chi connectivity index (χ1n) is 18.1. The fourth-order valence-electron chi connectivity index (χ4n) is 5.85. The van der Waals surface area contributed by atoms with Crippen molar-refractivity contribution in [1.29, 1.82) is 0 Å². The summed E-state index contributed by atoms with van der Waals surface area (Å²) in [6.07, 6.45) is 13.4. The zero-order valence-corrected chi connectivity index (χ0v) is 30.6. The molecule has 0 spiro atoms. The van der Waals surface area contributed by atoms with Crippen LogP contribution in [-0.4, -0.2) is 113 Å². The Hall–Kier alpha value is -2.71. The molecular weight excluding hydrogens is 656 g/mol. The summed E-state index contributed by atoms with van der Waals surface area (Å²) in [5, 5.41) is 93.9. The lowest BCUT2D eigenvalue weighted by atomic mass is 9.90. The van der Waals surface area contributed by atoms with E-state index in [0.29, 0.717) is 0 Å². The molecule has 1 aliphatic rings. The Bertz CT molecular complexity index is 1160. The Morgan fingerprint density at radius 3 is 1.43 bits per heavy atom. The van der Waals surface area contributed by atoms with E-state index in [1.54, 1.807) is 55.5 Å². The van der Waals surface area contributed by atoms with E-state index >= 15 is 0 Å². The number of rotatable bonds is 1. The van der Waals surface area contributed by atoms with Crippen LogP contribution in [0.4, 0.5) is 0 Å². The van der Waals surface area contributed by atoms with E-state index in [-0.39, 0.29) is 63.2 Å². The highest BCUT2D eigenvalue weighted by molar-refractivity contribution is 5.82. The van der Waals surface area contributed by atoms with Crippen molar-refractivity contribution >= 4 is 5.97 Å². The van der Waals surface area contributed by atoms with Crippen LogP contribution in [0.2, 0.25) is 0 Å². The Kier molecular flexibility index (Phi) is 23.7. The Labute approximate surface area is 304 Å². The second kappa shape index (κ2) is 26.1. The summed E-state index contributed by atoms with van der Waals surface area (Å²) >= 11 is 0. The first-order valence-corrected chi connectivity index (χ1v) is 18.1. The number of hydrogen-bond donors (Lipinski definition) is 9. The van der Waals surface area contributed by atoms with Crippen molar-refractivity contribution in [2.75, 3.05) is 0 Å².